The van der Waals surface area contributed by atoms with E-state index in [4.69, 9.17) is 5.73 Å². The van der Waals surface area contributed by atoms with Crippen molar-refractivity contribution in [1.82, 2.24) is 4.90 Å². The second-order valence-electron chi connectivity index (χ2n) is 4.93. The Morgan fingerprint density at radius 1 is 1.24 bits per heavy atom. The minimum absolute atomic E-state index is 0.393. The van der Waals surface area contributed by atoms with Crippen LogP contribution in [-0.4, -0.2) is 24.0 Å². The number of hydrogen-bond acceptors (Lipinski definition) is 2. The van der Waals surface area contributed by atoms with E-state index in [0.717, 1.165) is 12.6 Å². The van der Waals surface area contributed by atoms with Crippen LogP contribution >= 0.6 is 0 Å². The SMILES string of the molecule is CCN(C1CCCC1)C(CN)c1ccccc1. The van der Waals surface area contributed by atoms with Crippen molar-refractivity contribution in [2.24, 2.45) is 5.73 Å². The smallest absolute Gasteiger partial charge is 0.0473 e. The fourth-order valence-electron chi connectivity index (χ4n) is 3.11. The van der Waals surface area contributed by atoms with Crippen LogP contribution in [0, 0.1) is 0 Å². The van der Waals surface area contributed by atoms with Gasteiger partial charge in [-0.25, -0.2) is 0 Å². The van der Waals surface area contributed by atoms with Crippen molar-refractivity contribution in [2.45, 2.75) is 44.7 Å². The first-order chi connectivity index (χ1) is 8.36. The average Bonchev–Trinajstić information content (AvgIpc) is 2.90. The number of rotatable bonds is 5. The van der Waals surface area contributed by atoms with Gasteiger partial charge in [0, 0.05) is 18.6 Å². The van der Waals surface area contributed by atoms with Crippen LogP contribution in [0.15, 0.2) is 30.3 Å². The Morgan fingerprint density at radius 3 is 2.41 bits per heavy atom. The first-order valence-corrected chi connectivity index (χ1v) is 6.87. The summed E-state index contributed by atoms with van der Waals surface area (Å²) in [6, 6.07) is 11.8. The monoisotopic (exact) mass is 232 g/mol. The van der Waals surface area contributed by atoms with Gasteiger partial charge in [-0.15, -0.1) is 0 Å². The Hall–Kier alpha value is -0.860. The maximum absolute atomic E-state index is 6.01. The summed E-state index contributed by atoms with van der Waals surface area (Å²) in [7, 11) is 0. The van der Waals surface area contributed by atoms with Crippen LogP contribution in [0.25, 0.3) is 0 Å². The van der Waals surface area contributed by atoms with Crippen molar-refractivity contribution < 1.29 is 0 Å². The average molecular weight is 232 g/mol. The van der Waals surface area contributed by atoms with E-state index in [1.165, 1.54) is 31.2 Å². The number of benzene rings is 1. The standard InChI is InChI=1S/C15H24N2/c1-2-17(14-10-6-7-11-14)15(12-16)13-8-4-3-5-9-13/h3-5,8-9,14-15H,2,6-7,10-12,16H2,1H3. The highest BCUT2D eigenvalue weighted by molar-refractivity contribution is 5.19. The molecule has 2 heteroatoms. The van der Waals surface area contributed by atoms with Gasteiger partial charge in [0.05, 0.1) is 0 Å². The zero-order valence-electron chi connectivity index (χ0n) is 10.8. The lowest BCUT2D eigenvalue weighted by Gasteiger charge is -2.35. The Kier molecular flexibility index (Phi) is 4.57. The molecule has 1 saturated carbocycles. The van der Waals surface area contributed by atoms with Crippen LogP contribution in [0.5, 0.6) is 0 Å². The number of nitrogens with zero attached hydrogens (tertiary/aromatic N) is 1. The second-order valence-corrected chi connectivity index (χ2v) is 4.93. The van der Waals surface area contributed by atoms with Crippen LogP contribution in [0.1, 0.15) is 44.2 Å². The fourth-order valence-corrected chi connectivity index (χ4v) is 3.11. The zero-order valence-corrected chi connectivity index (χ0v) is 10.8. The number of nitrogens with two attached hydrogens (primary N) is 1. The normalized spacial score (nSPS) is 18.8. The summed E-state index contributed by atoms with van der Waals surface area (Å²) in [5.41, 5.74) is 7.37. The van der Waals surface area contributed by atoms with Crippen LogP contribution in [-0.2, 0) is 0 Å². The molecule has 0 spiro atoms. The van der Waals surface area contributed by atoms with E-state index in [1.807, 2.05) is 0 Å². The molecular weight excluding hydrogens is 208 g/mol. The van der Waals surface area contributed by atoms with E-state index in [9.17, 15) is 0 Å². The molecule has 0 radical (unpaired) electrons. The summed E-state index contributed by atoms with van der Waals surface area (Å²) in [6.45, 7) is 4.07. The van der Waals surface area contributed by atoms with Gasteiger partial charge in [-0.05, 0) is 24.9 Å². The lowest BCUT2D eigenvalue weighted by atomic mass is 10.0. The molecule has 0 amide bonds. The van der Waals surface area contributed by atoms with Gasteiger partial charge in [0.15, 0.2) is 0 Å². The Balaban J connectivity index is 2.15. The molecule has 2 rings (SSSR count). The first kappa shape index (κ1) is 12.6. The third-order valence-corrected chi connectivity index (χ3v) is 3.97. The summed E-state index contributed by atoms with van der Waals surface area (Å²) < 4.78 is 0. The highest BCUT2D eigenvalue weighted by atomic mass is 15.2. The molecule has 1 aliphatic carbocycles. The molecule has 2 nitrogen and oxygen atoms in total. The molecule has 1 aromatic rings. The molecule has 1 fully saturated rings. The Bertz CT molecular complexity index is 317. The van der Waals surface area contributed by atoms with Crippen molar-refractivity contribution in [2.75, 3.05) is 13.1 Å². The maximum Gasteiger partial charge on any atom is 0.0473 e. The van der Waals surface area contributed by atoms with E-state index >= 15 is 0 Å². The van der Waals surface area contributed by atoms with Crippen molar-refractivity contribution in [1.29, 1.82) is 0 Å². The van der Waals surface area contributed by atoms with Gasteiger partial charge in [0.25, 0.3) is 0 Å². The molecular formula is C15H24N2. The molecule has 1 aromatic carbocycles. The van der Waals surface area contributed by atoms with Crippen LogP contribution in [0.2, 0.25) is 0 Å². The molecule has 1 aliphatic rings. The largest absolute Gasteiger partial charge is 0.329 e. The van der Waals surface area contributed by atoms with E-state index in [1.54, 1.807) is 0 Å². The third-order valence-electron chi connectivity index (χ3n) is 3.97. The zero-order chi connectivity index (χ0) is 12.1. The Labute approximate surface area is 105 Å². The van der Waals surface area contributed by atoms with Crippen molar-refractivity contribution in [3.8, 4) is 0 Å². The highest BCUT2D eigenvalue weighted by Crippen LogP contribution is 2.30. The van der Waals surface area contributed by atoms with Gasteiger partial charge in [0.2, 0.25) is 0 Å². The van der Waals surface area contributed by atoms with Crippen molar-refractivity contribution >= 4 is 0 Å². The van der Waals surface area contributed by atoms with Gasteiger partial charge >= 0.3 is 0 Å². The minimum Gasteiger partial charge on any atom is -0.329 e. The molecule has 2 N–H and O–H groups in total. The van der Waals surface area contributed by atoms with Crippen molar-refractivity contribution in [3.63, 3.8) is 0 Å². The quantitative estimate of drug-likeness (QED) is 0.845. The van der Waals surface area contributed by atoms with E-state index < -0.39 is 0 Å². The van der Waals surface area contributed by atoms with Crippen LogP contribution < -0.4 is 5.73 Å². The van der Waals surface area contributed by atoms with Crippen LogP contribution in [0.4, 0.5) is 0 Å². The highest BCUT2D eigenvalue weighted by Gasteiger charge is 2.27. The van der Waals surface area contributed by atoms with Gasteiger partial charge in [-0.3, -0.25) is 4.90 Å². The predicted molar refractivity (Wildman–Crippen MR) is 72.9 cm³/mol. The van der Waals surface area contributed by atoms with E-state index in [-0.39, 0.29) is 0 Å². The molecule has 0 aromatic heterocycles. The maximum atomic E-state index is 6.01. The van der Waals surface area contributed by atoms with Crippen LogP contribution in [0.3, 0.4) is 0 Å². The molecule has 0 aliphatic heterocycles. The molecule has 94 valence electrons. The Morgan fingerprint density at radius 2 is 1.88 bits per heavy atom. The van der Waals surface area contributed by atoms with E-state index in [0.29, 0.717) is 12.6 Å². The molecule has 1 unspecified atom stereocenters. The summed E-state index contributed by atoms with van der Waals surface area (Å²) in [5.74, 6) is 0. The summed E-state index contributed by atoms with van der Waals surface area (Å²) >= 11 is 0. The van der Waals surface area contributed by atoms with Crippen molar-refractivity contribution in [3.05, 3.63) is 35.9 Å². The molecule has 1 atom stereocenters. The van der Waals surface area contributed by atoms with Gasteiger partial charge < -0.3 is 5.73 Å². The summed E-state index contributed by atoms with van der Waals surface area (Å²) in [5, 5.41) is 0. The van der Waals surface area contributed by atoms with Gasteiger partial charge in [0.1, 0.15) is 0 Å². The third kappa shape index (κ3) is 2.88. The first-order valence-electron chi connectivity index (χ1n) is 6.87. The molecule has 0 bridgehead atoms. The van der Waals surface area contributed by atoms with E-state index in [2.05, 4.69) is 42.2 Å². The molecule has 0 heterocycles. The molecule has 17 heavy (non-hydrogen) atoms. The summed E-state index contributed by atoms with van der Waals surface area (Å²) in [4.78, 5) is 2.60. The predicted octanol–water partition coefficient (Wildman–Crippen LogP) is 2.95. The van der Waals surface area contributed by atoms with Gasteiger partial charge in [-0.2, -0.15) is 0 Å². The number of likely N-dealkylation sites (N-methyl/N-ethyl adjacent to an activating group) is 1. The minimum atomic E-state index is 0.393. The summed E-state index contributed by atoms with van der Waals surface area (Å²) in [6.07, 6.45) is 5.45. The second kappa shape index (κ2) is 6.18. The lowest BCUT2D eigenvalue weighted by molar-refractivity contribution is 0.147. The molecule has 0 saturated heterocycles. The van der Waals surface area contributed by atoms with Gasteiger partial charge in [-0.1, -0.05) is 50.1 Å². The fraction of sp³-hybridized carbons (Fsp3) is 0.600. The lowest BCUT2D eigenvalue weighted by Crippen LogP contribution is -2.40. The topological polar surface area (TPSA) is 29.3 Å². The number of hydrogen-bond donors (Lipinski definition) is 1.